The number of aliphatic hydroxyl groups excluding tert-OH is 1. The fraction of sp³-hybridized carbons (Fsp3) is 0.364. The molecule has 2 aromatic carbocycles. The zero-order chi connectivity index (χ0) is 20.2. The zero-order valence-corrected chi connectivity index (χ0v) is 19.4. The number of hydrogen-bond donors (Lipinski definition) is 4. The van der Waals surface area contributed by atoms with E-state index in [-0.39, 0.29) is 42.4 Å². The summed E-state index contributed by atoms with van der Waals surface area (Å²) in [4.78, 5) is 16.4. The van der Waals surface area contributed by atoms with Crippen LogP contribution in [-0.4, -0.2) is 50.3 Å². The number of carbonyl (C=O) groups is 1. The van der Waals surface area contributed by atoms with Crippen molar-refractivity contribution in [2.45, 2.75) is 19.3 Å². The van der Waals surface area contributed by atoms with Crippen molar-refractivity contribution in [1.29, 1.82) is 0 Å². The third-order valence-corrected chi connectivity index (χ3v) is 4.43. The molecule has 0 spiro atoms. The van der Waals surface area contributed by atoms with Gasteiger partial charge < -0.3 is 21.1 Å². The molecule has 0 saturated heterocycles. The van der Waals surface area contributed by atoms with Crippen LogP contribution in [-0.2, 0) is 6.42 Å². The van der Waals surface area contributed by atoms with Gasteiger partial charge in [0.1, 0.15) is 0 Å². The molecule has 1 unspecified atom stereocenters. The first-order chi connectivity index (χ1) is 13.7. The minimum absolute atomic E-state index is 0. The molecule has 2 rings (SSSR count). The summed E-state index contributed by atoms with van der Waals surface area (Å²) in [5.41, 5.74) is 2.83. The van der Waals surface area contributed by atoms with Gasteiger partial charge in [-0.1, -0.05) is 42.5 Å². The lowest BCUT2D eigenvalue weighted by Crippen LogP contribution is -2.38. The molecule has 0 aliphatic heterocycles. The van der Waals surface area contributed by atoms with Crippen molar-refractivity contribution in [1.82, 2.24) is 16.0 Å². The first-order valence-corrected chi connectivity index (χ1v) is 9.67. The Labute approximate surface area is 190 Å². The summed E-state index contributed by atoms with van der Waals surface area (Å²) >= 11 is 0. The Bertz CT molecular complexity index is 768. The van der Waals surface area contributed by atoms with Crippen LogP contribution in [0, 0.1) is 0 Å². The maximum Gasteiger partial charge on any atom is 0.251 e. The van der Waals surface area contributed by atoms with Gasteiger partial charge in [-0.25, -0.2) is 0 Å². The van der Waals surface area contributed by atoms with Gasteiger partial charge in [-0.15, -0.1) is 24.0 Å². The maximum atomic E-state index is 11.8. The summed E-state index contributed by atoms with van der Waals surface area (Å²) in [5.74, 6) is 0.612. The molecule has 0 bridgehead atoms. The van der Waals surface area contributed by atoms with Gasteiger partial charge in [0.05, 0.1) is 13.2 Å². The molecule has 7 heteroatoms. The third kappa shape index (κ3) is 8.41. The second kappa shape index (κ2) is 13.9. The summed E-state index contributed by atoms with van der Waals surface area (Å²) < 4.78 is 0. The number of carbonyl (C=O) groups excluding carboxylic acids is 1. The topological polar surface area (TPSA) is 85.8 Å². The van der Waals surface area contributed by atoms with Crippen LogP contribution in [0.25, 0.3) is 0 Å². The molecule has 1 atom stereocenters. The number of benzene rings is 2. The van der Waals surface area contributed by atoms with Gasteiger partial charge in [0.2, 0.25) is 0 Å². The number of hydrogen-bond acceptors (Lipinski definition) is 3. The predicted molar refractivity (Wildman–Crippen MR) is 129 cm³/mol. The van der Waals surface area contributed by atoms with Crippen molar-refractivity contribution in [2.24, 2.45) is 4.99 Å². The monoisotopic (exact) mass is 510 g/mol. The number of aliphatic hydroxyl groups is 1. The average molecular weight is 510 g/mol. The molecule has 2 aromatic rings. The first-order valence-electron chi connectivity index (χ1n) is 9.67. The maximum absolute atomic E-state index is 11.8. The summed E-state index contributed by atoms with van der Waals surface area (Å²) in [5, 5.41) is 18.9. The van der Waals surface area contributed by atoms with Crippen LogP contribution < -0.4 is 16.0 Å². The van der Waals surface area contributed by atoms with Gasteiger partial charge in [0.25, 0.3) is 5.91 Å². The van der Waals surface area contributed by atoms with Crippen LogP contribution in [0.4, 0.5) is 0 Å². The number of aliphatic imine (C=N–C) groups is 1. The van der Waals surface area contributed by atoms with Crippen LogP contribution in [0.1, 0.15) is 34.3 Å². The Morgan fingerprint density at radius 2 is 1.86 bits per heavy atom. The molecule has 0 radical (unpaired) electrons. The Balaban J connectivity index is 0.00000420. The molecule has 0 aromatic heterocycles. The normalized spacial score (nSPS) is 11.9. The Morgan fingerprint density at radius 3 is 2.52 bits per heavy atom. The van der Waals surface area contributed by atoms with E-state index in [1.807, 2.05) is 55.5 Å². The summed E-state index contributed by atoms with van der Waals surface area (Å²) in [6, 6.07) is 17.5. The van der Waals surface area contributed by atoms with E-state index in [2.05, 4.69) is 20.9 Å². The number of amides is 1. The fourth-order valence-corrected chi connectivity index (χ4v) is 2.87. The minimum atomic E-state index is -0.0827. The molecule has 6 nitrogen and oxygen atoms in total. The number of halogens is 1. The number of nitrogens with one attached hydrogen (secondary N) is 3. The van der Waals surface area contributed by atoms with E-state index in [0.717, 1.165) is 30.1 Å². The standard InChI is InChI=1S/C22H30N4O2.HI/c1-3-24-22(26-15-20(16-27)18-9-5-4-6-10-18)25-13-12-17-8-7-11-19(14-17)21(28)23-2;/h4-11,14,20,27H,3,12-13,15-16H2,1-2H3,(H,23,28)(H2,24,25,26);1H. The summed E-state index contributed by atoms with van der Waals surface area (Å²) in [6.07, 6.45) is 0.775. The van der Waals surface area contributed by atoms with Crippen LogP contribution in [0.2, 0.25) is 0 Å². The highest BCUT2D eigenvalue weighted by atomic mass is 127. The second-order valence-corrected chi connectivity index (χ2v) is 6.47. The molecular weight excluding hydrogens is 479 g/mol. The highest BCUT2D eigenvalue weighted by molar-refractivity contribution is 14.0. The minimum Gasteiger partial charge on any atom is -0.396 e. The molecule has 0 saturated carbocycles. The van der Waals surface area contributed by atoms with Crippen molar-refractivity contribution in [2.75, 3.05) is 33.3 Å². The number of rotatable bonds is 9. The zero-order valence-electron chi connectivity index (χ0n) is 17.0. The van der Waals surface area contributed by atoms with E-state index in [4.69, 9.17) is 0 Å². The molecular formula is C22H31IN4O2. The predicted octanol–water partition coefficient (Wildman–Crippen LogP) is 2.54. The lowest BCUT2D eigenvalue weighted by molar-refractivity contribution is 0.0963. The fourth-order valence-electron chi connectivity index (χ4n) is 2.87. The lowest BCUT2D eigenvalue weighted by atomic mass is 10.0. The van der Waals surface area contributed by atoms with E-state index in [0.29, 0.717) is 18.7 Å². The second-order valence-electron chi connectivity index (χ2n) is 6.47. The van der Waals surface area contributed by atoms with Crippen LogP contribution in [0.5, 0.6) is 0 Å². The summed E-state index contributed by atoms with van der Waals surface area (Å²) in [6.45, 7) is 4.03. The van der Waals surface area contributed by atoms with E-state index < -0.39 is 0 Å². The van der Waals surface area contributed by atoms with Crippen molar-refractivity contribution >= 4 is 35.8 Å². The smallest absolute Gasteiger partial charge is 0.251 e. The van der Waals surface area contributed by atoms with E-state index >= 15 is 0 Å². The van der Waals surface area contributed by atoms with Crippen LogP contribution in [0.15, 0.2) is 59.6 Å². The largest absolute Gasteiger partial charge is 0.396 e. The molecule has 4 N–H and O–H groups in total. The van der Waals surface area contributed by atoms with E-state index in [1.54, 1.807) is 13.1 Å². The summed E-state index contributed by atoms with van der Waals surface area (Å²) in [7, 11) is 1.63. The molecule has 29 heavy (non-hydrogen) atoms. The van der Waals surface area contributed by atoms with Crippen LogP contribution in [0.3, 0.4) is 0 Å². The lowest BCUT2D eigenvalue weighted by Gasteiger charge is -2.15. The quantitative estimate of drug-likeness (QED) is 0.237. The van der Waals surface area contributed by atoms with Gasteiger partial charge in [-0.3, -0.25) is 9.79 Å². The van der Waals surface area contributed by atoms with E-state index in [1.165, 1.54) is 0 Å². The van der Waals surface area contributed by atoms with Gasteiger partial charge >= 0.3 is 0 Å². The van der Waals surface area contributed by atoms with Gasteiger partial charge in [-0.05, 0) is 36.6 Å². The number of guanidine groups is 1. The highest BCUT2D eigenvalue weighted by Crippen LogP contribution is 2.14. The van der Waals surface area contributed by atoms with Crippen LogP contribution >= 0.6 is 24.0 Å². The molecule has 0 aliphatic carbocycles. The SMILES string of the molecule is CCNC(=NCC(CO)c1ccccc1)NCCc1cccc(C(=O)NC)c1.I. The van der Waals surface area contributed by atoms with Crippen molar-refractivity contribution < 1.29 is 9.90 Å². The Morgan fingerprint density at radius 1 is 1.10 bits per heavy atom. The van der Waals surface area contributed by atoms with Crippen molar-refractivity contribution in [3.05, 3.63) is 71.3 Å². The molecule has 0 heterocycles. The van der Waals surface area contributed by atoms with Gasteiger partial charge in [0, 0.05) is 31.6 Å². The molecule has 0 fully saturated rings. The van der Waals surface area contributed by atoms with Gasteiger partial charge in [0.15, 0.2) is 5.96 Å². The van der Waals surface area contributed by atoms with Crippen molar-refractivity contribution in [3.63, 3.8) is 0 Å². The molecule has 0 aliphatic rings. The Kier molecular flexibility index (Phi) is 12.0. The number of nitrogens with zero attached hydrogens (tertiary/aromatic N) is 1. The van der Waals surface area contributed by atoms with Crippen molar-refractivity contribution in [3.8, 4) is 0 Å². The third-order valence-electron chi connectivity index (χ3n) is 4.43. The highest BCUT2D eigenvalue weighted by Gasteiger charge is 2.10. The van der Waals surface area contributed by atoms with Gasteiger partial charge in [-0.2, -0.15) is 0 Å². The molecule has 158 valence electrons. The van der Waals surface area contributed by atoms with E-state index in [9.17, 15) is 9.90 Å². The molecule has 1 amide bonds. The Hall–Kier alpha value is -2.13. The first kappa shape index (κ1) is 24.9. The average Bonchev–Trinajstić information content (AvgIpc) is 2.74.